The van der Waals surface area contributed by atoms with Gasteiger partial charge >= 0.3 is 0 Å². The normalized spacial score (nSPS) is 22.4. The van der Waals surface area contributed by atoms with E-state index in [1.807, 2.05) is 13.8 Å². The van der Waals surface area contributed by atoms with Crippen LogP contribution in [0.1, 0.15) is 38.8 Å². The summed E-state index contributed by atoms with van der Waals surface area (Å²) in [5.74, 6) is -0.300. The monoisotopic (exact) mass is 345 g/mol. The number of carbonyl (C=O) groups is 1. The maximum absolute atomic E-state index is 13.9. The molecule has 132 valence electrons. The molecule has 0 spiro atoms. The summed E-state index contributed by atoms with van der Waals surface area (Å²) in [7, 11) is 0. The molecule has 25 heavy (non-hydrogen) atoms. The molecule has 0 unspecified atom stereocenters. The van der Waals surface area contributed by atoms with Gasteiger partial charge < -0.3 is 10.2 Å². The van der Waals surface area contributed by atoms with E-state index in [1.54, 1.807) is 17.0 Å². The smallest absolute Gasteiger partial charge is 0.224 e. The van der Waals surface area contributed by atoms with E-state index in [4.69, 9.17) is 0 Å². The molecule has 1 aliphatic rings. The first-order chi connectivity index (χ1) is 11.9. The quantitative estimate of drug-likeness (QED) is 0.902. The van der Waals surface area contributed by atoms with Crippen LogP contribution >= 0.6 is 0 Å². The van der Waals surface area contributed by atoms with Crippen molar-refractivity contribution >= 4 is 17.4 Å². The molecule has 1 aromatic heterocycles. The van der Waals surface area contributed by atoms with Crippen LogP contribution in [0.5, 0.6) is 0 Å². The first-order valence-corrected chi connectivity index (χ1v) is 8.39. The van der Waals surface area contributed by atoms with E-state index in [2.05, 4.69) is 10.3 Å². The number of hydrogen-bond donors (Lipinski definition) is 1. The van der Waals surface area contributed by atoms with Crippen LogP contribution in [-0.2, 0) is 4.79 Å². The number of anilines is 2. The van der Waals surface area contributed by atoms with Gasteiger partial charge in [0, 0.05) is 30.1 Å². The number of nitrogens with one attached hydrogen (secondary N) is 1. The highest BCUT2D eigenvalue weighted by Gasteiger charge is 2.39. The van der Waals surface area contributed by atoms with Crippen LogP contribution in [0.15, 0.2) is 36.5 Å². The largest absolute Gasteiger partial charge is 0.363 e. The summed E-state index contributed by atoms with van der Waals surface area (Å²) in [4.78, 5) is 18.0. The third kappa shape index (κ3) is 3.21. The molecule has 0 fully saturated rings. The van der Waals surface area contributed by atoms with Crippen molar-refractivity contribution in [3.8, 4) is 0 Å². The molecule has 4 nitrogen and oxygen atoms in total. The third-order valence-corrected chi connectivity index (χ3v) is 4.84. The molecule has 0 aliphatic carbocycles. The van der Waals surface area contributed by atoms with Crippen LogP contribution in [0, 0.1) is 17.6 Å². The number of fused-ring (bicyclic) bond motifs is 1. The fourth-order valence-corrected chi connectivity index (χ4v) is 3.70. The van der Waals surface area contributed by atoms with Crippen molar-refractivity contribution in [2.24, 2.45) is 5.92 Å². The van der Waals surface area contributed by atoms with Crippen LogP contribution in [0.2, 0.25) is 0 Å². The van der Waals surface area contributed by atoms with E-state index >= 15 is 0 Å². The van der Waals surface area contributed by atoms with Crippen LogP contribution in [0.4, 0.5) is 20.3 Å². The zero-order chi connectivity index (χ0) is 18.1. The van der Waals surface area contributed by atoms with Crippen molar-refractivity contribution in [2.75, 3.05) is 10.2 Å². The third-order valence-electron chi connectivity index (χ3n) is 4.84. The maximum atomic E-state index is 13.9. The van der Waals surface area contributed by atoms with Gasteiger partial charge in [-0.2, -0.15) is 0 Å². The number of rotatable bonds is 3. The molecule has 3 atom stereocenters. The fraction of sp³-hybridized carbons (Fsp3) is 0.368. The van der Waals surface area contributed by atoms with Crippen molar-refractivity contribution in [1.82, 2.24) is 4.98 Å². The zero-order valence-electron chi connectivity index (χ0n) is 14.5. The van der Waals surface area contributed by atoms with Gasteiger partial charge in [0.25, 0.3) is 0 Å². The van der Waals surface area contributed by atoms with Gasteiger partial charge in [0.1, 0.15) is 17.5 Å². The molecule has 1 amide bonds. The first kappa shape index (κ1) is 17.3. The van der Waals surface area contributed by atoms with Gasteiger partial charge in [0.2, 0.25) is 5.91 Å². The van der Waals surface area contributed by atoms with Gasteiger partial charge in [-0.3, -0.25) is 4.79 Å². The highest BCUT2D eigenvalue weighted by Crippen LogP contribution is 2.43. The molecule has 1 N–H and O–H groups in total. The average molecular weight is 345 g/mol. The lowest BCUT2D eigenvalue weighted by Gasteiger charge is -2.45. The summed E-state index contributed by atoms with van der Waals surface area (Å²) in [5.41, 5.74) is 1.41. The summed E-state index contributed by atoms with van der Waals surface area (Å²) < 4.78 is 27.0. The molecule has 0 saturated carbocycles. The molecule has 3 rings (SSSR count). The van der Waals surface area contributed by atoms with E-state index in [1.165, 1.54) is 25.1 Å². The van der Waals surface area contributed by atoms with Crippen LogP contribution in [0.25, 0.3) is 0 Å². The van der Waals surface area contributed by atoms with Crippen molar-refractivity contribution in [3.63, 3.8) is 0 Å². The number of halogens is 2. The van der Waals surface area contributed by atoms with E-state index in [9.17, 15) is 13.6 Å². The molecular weight excluding hydrogens is 324 g/mol. The number of pyridine rings is 1. The summed E-state index contributed by atoms with van der Waals surface area (Å²) in [5, 5.41) is 3.28. The molecule has 0 saturated heterocycles. The maximum Gasteiger partial charge on any atom is 0.224 e. The molecule has 1 aliphatic heterocycles. The standard InChI is InChI=1S/C19H21F2N3O/c1-4-16-11(2)19(23-18-8-6-14(21)10-22-18)15-9-13(20)5-7-17(15)24(16)12(3)25/h5-11,16,19H,4H2,1-3H3,(H,22,23)/t11-,16-,19+/m0/s1. The van der Waals surface area contributed by atoms with E-state index in [0.29, 0.717) is 17.1 Å². The predicted octanol–water partition coefficient (Wildman–Crippen LogP) is 4.29. The summed E-state index contributed by atoms with van der Waals surface area (Å²) in [6.45, 7) is 5.58. The molecule has 1 aromatic carbocycles. The number of aromatic nitrogens is 1. The lowest BCUT2D eigenvalue weighted by molar-refractivity contribution is -0.117. The van der Waals surface area contributed by atoms with Crippen molar-refractivity contribution in [2.45, 2.75) is 39.3 Å². The second kappa shape index (κ2) is 6.78. The van der Waals surface area contributed by atoms with E-state index in [-0.39, 0.29) is 29.7 Å². The Morgan fingerprint density at radius 2 is 1.96 bits per heavy atom. The number of benzene rings is 1. The molecular formula is C19H21F2N3O. The number of hydrogen-bond acceptors (Lipinski definition) is 3. The van der Waals surface area contributed by atoms with Crippen LogP contribution in [0.3, 0.4) is 0 Å². The van der Waals surface area contributed by atoms with E-state index < -0.39 is 5.82 Å². The van der Waals surface area contributed by atoms with Gasteiger partial charge in [-0.05, 0) is 36.8 Å². The van der Waals surface area contributed by atoms with Crippen molar-refractivity contribution in [3.05, 3.63) is 53.7 Å². The van der Waals surface area contributed by atoms with Gasteiger partial charge in [-0.25, -0.2) is 13.8 Å². The lowest BCUT2D eigenvalue weighted by atomic mass is 9.81. The van der Waals surface area contributed by atoms with Gasteiger partial charge in [-0.1, -0.05) is 13.8 Å². The Labute approximate surface area is 145 Å². The summed E-state index contributed by atoms with van der Waals surface area (Å²) in [6, 6.07) is 7.10. The number of amides is 1. The van der Waals surface area contributed by atoms with Crippen molar-refractivity contribution < 1.29 is 13.6 Å². The van der Waals surface area contributed by atoms with Gasteiger partial charge in [0.05, 0.1) is 12.2 Å². The summed E-state index contributed by atoms with van der Waals surface area (Å²) >= 11 is 0. The Balaban J connectivity index is 2.07. The number of carbonyl (C=O) groups excluding carboxylic acids is 1. The molecule has 2 heterocycles. The lowest BCUT2D eigenvalue weighted by Crippen LogP contribution is -2.49. The summed E-state index contributed by atoms with van der Waals surface area (Å²) in [6.07, 6.45) is 1.91. The predicted molar refractivity (Wildman–Crippen MR) is 93.4 cm³/mol. The van der Waals surface area contributed by atoms with Gasteiger partial charge in [0.15, 0.2) is 0 Å². The average Bonchev–Trinajstić information content (AvgIpc) is 2.58. The highest BCUT2D eigenvalue weighted by molar-refractivity contribution is 5.94. The molecule has 6 heteroatoms. The Kier molecular flexibility index (Phi) is 4.70. The number of nitrogens with zero attached hydrogens (tertiary/aromatic N) is 2. The zero-order valence-corrected chi connectivity index (χ0v) is 14.5. The Morgan fingerprint density at radius 3 is 2.56 bits per heavy atom. The van der Waals surface area contributed by atoms with Crippen molar-refractivity contribution in [1.29, 1.82) is 0 Å². The minimum absolute atomic E-state index is 0.0200. The Morgan fingerprint density at radius 1 is 1.24 bits per heavy atom. The molecule has 0 radical (unpaired) electrons. The van der Waals surface area contributed by atoms with Crippen LogP contribution in [-0.4, -0.2) is 16.9 Å². The first-order valence-electron chi connectivity index (χ1n) is 8.39. The minimum atomic E-state index is -0.414. The minimum Gasteiger partial charge on any atom is -0.363 e. The topological polar surface area (TPSA) is 45.2 Å². The molecule has 0 bridgehead atoms. The second-order valence-corrected chi connectivity index (χ2v) is 6.41. The van der Waals surface area contributed by atoms with E-state index in [0.717, 1.165) is 12.6 Å². The highest BCUT2D eigenvalue weighted by atomic mass is 19.1. The Bertz CT molecular complexity index is 779. The van der Waals surface area contributed by atoms with Gasteiger partial charge in [-0.15, -0.1) is 0 Å². The Hall–Kier alpha value is -2.50. The molecule has 2 aromatic rings. The SMILES string of the molecule is CC[C@H]1[C@H](C)[C@@H](Nc2ccc(F)cn2)c2cc(F)ccc2N1C(C)=O. The second-order valence-electron chi connectivity index (χ2n) is 6.41. The fourth-order valence-electron chi connectivity index (χ4n) is 3.70. The van der Waals surface area contributed by atoms with Crippen LogP contribution < -0.4 is 10.2 Å².